The zero-order valence-electron chi connectivity index (χ0n) is 17.3. The van der Waals surface area contributed by atoms with Gasteiger partial charge in [-0.2, -0.15) is 11.8 Å². The lowest BCUT2D eigenvalue weighted by molar-refractivity contribution is -0.168. The molecule has 0 bridgehead atoms. The molecule has 10 nitrogen and oxygen atoms in total. The van der Waals surface area contributed by atoms with E-state index >= 15 is 0 Å². The molecule has 2 N–H and O–H groups in total. The average Bonchev–Trinajstić information content (AvgIpc) is 3.26. The van der Waals surface area contributed by atoms with Crippen LogP contribution < -0.4 is 5.73 Å². The molecule has 0 aliphatic carbocycles. The molecular formula is C19H27N5O5S. The zero-order chi connectivity index (χ0) is 21.7. The number of carbonyl (C=O) groups excluding carboxylic acids is 2. The molecule has 1 saturated heterocycles. The topological polar surface area (TPSA) is 131 Å². The third-order valence-corrected chi connectivity index (χ3v) is 5.38. The van der Waals surface area contributed by atoms with E-state index in [4.69, 9.17) is 19.9 Å². The van der Waals surface area contributed by atoms with Crippen molar-refractivity contribution >= 4 is 40.7 Å². The van der Waals surface area contributed by atoms with Gasteiger partial charge in [-0.1, -0.05) is 13.8 Å². The van der Waals surface area contributed by atoms with E-state index in [0.717, 1.165) is 0 Å². The molecule has 0 spiro atoms. The van der Waals surface area contributed by atoms with Crippen molar-refractivity contribution in [1.82, 2.24) is 19.5 Å². The summed E-state index contributed by atoms with van der Waals surface area (Å²) in [4.78, 5) is 37.1. The maximum absolute atomic E-state index is 12.4. The number of nitrogens with two attached hydrogens (primary N) is 1. The van der Waals surface area contributed by atoms with Gasteiger partial charge in [-0.3, -0.25) is 14.2 Å². The number of nitrogens with zero attached hydrogens (tertiary/aromatic N) is 4. The van der Waals surface area contributed by atoms with E-state index < -0.39 is 24.5 Å². The Morgan fingerprint density at radius 3 is 2.43 bits per heavy atom. The van der Waals surface area contributed by atoms with Crippen LogP contribution >= 0.6 is 11.8 Å². The maximum Gasteiger partial charge on any atom is 0.306 e. The zero-order valence-corrected chi connectivity index (χ0v) is 18.1. The van der Waals surface area contributed by atoms with Gasteiger partial charge in [-0.05, 0) is 19.1 Å². The molecule has 2 aromatic rings. The molecule has 1 unspecified atom stereocenters. The number of thioether (sulfide) groups is 1. The minimum Gasteiger partial charge on any atom is -0.455 e. The van der Waals surface area contributed by atoms with Crippen molar-refractivity contribution in [2.24, 2.45) is 0 Å². The van der Waals surface area contributed by atoms with E-state index in [1.54, 1.807) is 16.3 Å². The molecule has 3 heterocycles. The highest BCUT2D eigenvalue weighted by molar-refractivity contribution is 7.98. The molecule has 2 aromatic heterocycles. The lowest BCUT2D eigenvalue weighted by Crippen LogP contribution is -2.40. The summed E-state index contributed by atoms with van der Waals surface area (Å²) < 4.78 is 19.4. The monoisotopic (exact) mass is 437 g/mol. The minimum atomic E-state index is -0.837. The summed E-state index contributed by atoms with van der Waals surface area (Å²) in [5, 5.41) is 0. The summed E-state index contributed by atoms with van der Waals surface area (Å²) in [5.41, 5.74) is 6.77. The number of nitrogen functional groups attached to an aromatic ring is 1. The molecule has 0 saturated carbocycles. The van der Waals surface area contributed by atoms with E-state index in [2.05, 4.69) is 15.0 Å². The van der Waals surface area contributed by atoms with E-state index in [1.165, 1.54) is 12.7 Å². The second kappa shape index (κ2) is 10.1. The number of fused-ring (bicyclic) bond motifs is 1. The summed E-state index contributed by atoms with van der Waals surface area (Å²) in [5.74, 6) is 0.0712. The van der Waals surface area contributed by atoms with Crippen LogP contribution in [0.5, 0.6) is 0 Å². The van der Waals surface area contributed by atoms with Gasteiger partial charge in [0, 0.05) is 18.6 Å². The molecule has 1 aliphatic heterocycles. The van der Waals surface area contributed by atoms with E-state index in [-0.39, 0.29) is 30.6 Å². The van der Waals surface area contributed by atoms with Crippen LogP contribution in [0.25, 0.3) is 11.2 Å². The van der Waals surface area contributed by atoms with Crippen LogP contribution in [0.4, 0.5) is 5.82 Å². The highest BCUT2D eigenvalue weighted by atomic mass is 32.2. The van der Waals surface area contributed by atoms with Crippen LogP contribution in [-0.4, -0.2) is 61.8 Å². The first-order valence-electron chi connectivity index (χ1n) is 9.96. The van der Waals surface area contributed by atoms with Crippen LogP contribution in [0.3, 0.4) is 0 Å². The predicted octanol–water partition coefficient (Wildman–Crippen LogP) is 2.09. The van der Waals surface area contributed by atoms with E-state index in [1.807, 2.05) is 20.1 Å². The first kappa shape index (κ1) is 22.3. The molecule has 30 heavy (non-hydrogen) atoms. The van der Waals surface area contributed by atoms with Crippen molar-refractivity contribution in [2.75, 3.05) is 17.7 Å². The molecule has 164 valence electrons. The number of hydrogen-bond donors (Lipinski definition) is 1. The molecule has 0 amide bonds. The molecule has 1 fully saturated rings. The number of aromatic nitrogens is 4. The Morgan fingerprint density at radius 2 is 1.80 bits per heavy atom. The summed E-state index contributed by atoms with van der Waals surface area (Å²) in [7, 11) is 0. The van der Waals surface area contributed by atoms with Crippen LogP contribution in [0.1, 0.15) is 45.8 Å². The molecule has 1 aliphatic rings. The number of carbonyl (C=O) groups is 2. The Labute approximate surface area is 178 Å². The van der Waals surface area contributed by atoms with Gasteiger partial charge in [0.05, 0.1) is 6.33 Å². The van der Waals surface area contributed by atoms with Crippen molar-refractivity contribution in [3.05, 3.63) is 12.7 Å². The van der Waals surface area contributed by atoms with Gasteiger partial charge >= 0.3 is 11.9 Å². The Balaban J connectivity index is 1.98. The Morgan fingerprint density at radius 1 is 1.13 bits per heavy atom. The van der Waals surface area contributed by atoms with Gasteiger partial charge in [0.15, 0.2) is 29.9 Å². The fourth-order valence-corrected chi connectivity index (χ4v) is 3.98. The molecule has 0 radical (unpaired) electrons. The third-order valence-electron chi connectivity index (χ3n) is 4.72. The lowest BCUT2D eigenvalue weighted by atomic mass is 10.1. The number of esters is 2. The van der Waals surface area contributed by atoms with Gasteiger partial charge in [0.25, 0.3) is 0 Å². The molecule has 4 atom stereocenters. The van der Waals surface area contributed by atoms with Crippen LogP contribution in [0, 0.1) is 0 Å². The summed E-state index contributed by atoms with van der Waals surface area (Å²) >= 11 is 1.55. The summed E-state index contributed by atoms with van der Waals surface area (Å²) in [6, 6.07) is 0. The smallest absolute Gasteiger partial charge is 0.306 e. The van der Waals surface area contributed by atoms with Crippen LogP contribution in [0.15, 0.2) is 12.7 Å². The number of rotatable bonds is 9. The summed E-state index contributed by atoms with van der Waals surface area (Å²) in [6.45, 7) is 3.79. The van der Waals surface area contributed by atoms with Crippen molar-refractivity contribution in [2.45, 2.75) is 64.1 Å². The molecule has 0 aromatic carbocycles. The van der Waals surface area contributed by atoms with Gasteiger partial charge < -0.3 is 19.9 Å². The van der Waals surface area contributed by atoms with Gasteiger partial charge in [0.2, 0.25) is 0 Å². The van der Waals surface area contributed by atoms with Crippen molar-refractivity contribution < 1.29 is 23.8 Å². The fourth-order valence-electron chi connectivity index (χ4n) is 3.38. The maximum atomic E-state index is 12.4. The predicted molar refractivity (Wildman–Crippen MR) is 112 cm³/mol. The number of ether oxygens (including phenoxy) is 3. The van der Waals surface area contributed by atoms with Gasteiger partial charge in [-0.25, -0.2) is 15.0 Å². The molecule has 3 rings (SSSR count). The first-order chi connectivity index (χ1) is 14.5. The van der Waals surface area contributed by atoms with Crippen LogP contribution in [0.2, 0.25) is 0 Å². The van der Waals surface area contributed by atoms with Gasteiger partial charge in [-0.15, -0.1) is 0 Å². The minimum absolute atomic E-state index is 0.239. The van der Waals surface area contributed by atoms with Crippen molar-refractivity contribution in [3.63, 3.8) is 0 Å². The Kier molecular flexibility index (Phi) is 7.48. The SMILES string of the molecule is CCCC(=O)OC1[C@@H](CSC)O[C@@H](n2cnc3c(N)ncnc32)[C@H]1OC(=O)CCC. The van der Waals surface area contributed by atoms with Crippen molar-refractivity contribution in [1.29, 1.82) is 0 Å². The third kappa shape index (κ3) is 4.67. The Hall–Kier alpha value is -2.40. The second-order valence-electron chi connectivity index (χ2n) is 7.01. The quantitative estimate of drug-likeness (QED) is 0.582. The fraction of sp³-hybridized carbons (Fsp3) is 0.632. The standard InChI is InChI=1S/C19H27N5O5S/c1-4-6-12(25)28-15-11(8-30-3)27-19(16(15)29-13(26)7-5-2)24-10-23-14-17(20)21-9-22-18(14)24/h9-11,15-16,19H,4-8H2,1-3H3,(H2,20,21,22)/t11-,15?,16+,19-/m1/s1. The average molecular weight is 438 g/mol. The number of hydrogen-bond acceptors (Lipinski definition) is 10. The number of imidazole rings is 1. The lowest BCUT2D eigenvalue weighted by Gasteiger charge is -2.24. The highest BCUT2D eigenvalue weighted by Gasteiger charge is 2.50. The first-order valence-corrected chi connectivity index (χ1v) is 11.4. The molecular weight excluding hydrogens is 410 g/mol. The van der Waals surface area contributed by atoms with Crippen molar-refractivity contribution in [3.8, 4) is 0 Å². The normalized spacial score (nSPS) is 23.6. The molecule has 11 heteroatoms. The highest BCUT2D eigenvalue weighted by Crippen LogP contribution is 2.37. The van der Waals surface area contributed by atoms with E-state index in [9.17, 15) is 9.59 Å². The van der Waals surface area contributed by atoms with E-state index in [0.29, 0.717) is 29.8 Å². The number of anilines is 1. The summed E-state index contributed by atoms with van der Waals surface area (Å²) in [6.07, 6.45) is 3.83. The second-order valence-corrected chi connectivity index (χ2v) is 7.92. The van der Waals surface area contributed by atoms with Crippen LogP contribution in [-0.2, 0) is 23.8 Å². The van der Waals surface area contributed by atoms with Gasteiger partial charge in [0.1, 0.15) is 17.9 Å². The Bertz CT molecular complexity index is 891. The largest absolute Gasteiger partial charge is 0.455 e.